The molecule has 0 fully saturated rings. The molecular weight excluding hydrogens is 272 g/mol. The molecule has 22 heavy (non-hydrogen) atoms. The van der Waals surface area contributed by atoms with Gasteiger partial charge in [-0.15, -0.1) is 0 Å². The van der Waals surface area contributed by atoms with E-state index < -0.39 is 6.10 Å². The van der Waals surface area contributed by atoms with Crippen LogP contribution in [0.1, 0.15) is 60.3 Å². The monoisotopic (exact) mass is 304 g/mol. The number of aldehydes is 1. The summed E-state index contributed by atoms with van der Waals surface area (Å²) in [5.41, 5.74) is 4.24. The third kappa shape index (κ3) is 9.51. The summed E-state index contributed by atoms with van der Waals surface area (Å²) in [6.45, 7) is 13.9. The fourth-order valence-corrected chi connectivity index (χ4v) is 1.95. The van der Waals surface area contributed by atoms with Gasteiger partial charge in [-0.25, -0.2) is 0 Å². The van der Waals surface area contributed by atoms with Gasteiger partial charge in [-0.05, 0) is 57.9 Å². The van der Waals surface area contributed by atoms with Crippen molar-refractivity contribution in [3.63, 3.8) is 0 Å². The standard InChI is InChI=1S/C20H32O2/c1-15(2)19(14-21)12-10-17(5)8-7-9-18(6)11-13-20(22)16(3)4/h9-10,12,14-15,20,22H,3,7-8,11,13H2,1-2,4-6H3/b17-10+,18-9+,19-12+/t20-/m1/s1. The molecule has 0 spiro atoms. The molecule has 0 saturated carbocycles. The first-order chi connectivity index (χ1) is 10.3. The summed E-state index contributed by atoms with van der Waals surface area (Å²) in [5.74, 6) is 0.267. The van der Waals surface area contributed by atoms with Crippen LogP contribution in [0, 0.1) is 5.92 Å². The Morgan fingerprint density at radius 2 is 1.73 bits per heavy atom. The molecule has 0 rings (SSSR count). The van der Waals surface area contributed by atoms with Crippen molar-refractivity contribution in [1.82, 2.24) is 0 Å². The molecule has 0 heterocycles. The number of hydrogen-bond donors (Lipinski definition) is 1. The van der Waals surface area contributed by atoms with E-state index in [1.807, 2.05) is 32.9 Å². The summed E-state index contributed by atoms with van der Waals surface area (Å²) in [6.07, 6.45) is 10.4. The van der Waals surface area contributed by atoms with E-state index in [1.165, 1.54) is 11.1 Å². The Morgan fingerprint density at radius 3 is 2.23 bits per heavy atom. The topological polar surface area (TPSA) is 37.3 Å². The Hall–Kier alpha value is -1.41. The number of allylic oxidation sites excluding steroid dienone is 6. The van der Waals surface area contributed by atoms with E-state index in [-0.39, 0.29) is 5.92 Å². The molecule has 0 radical (unpaired) electrons. The van der Waals surface area contributed by atoms with E-state index >= 15 is 0 Å². The molecule has 2 nitrogen and oxygen atoms in total. The highest BCUT2D eigenvalue weighted by Gasteiger charge is 2.04. The first-order valence-electron chi connectivity index (χ1n) is 8.09. The maximum absolute atomic E-state index is 10.9. The Bertz CT molecular complexity index is 450. The summed E-state index contributed by atoms with van der Waals surface area (Å²) in [7, 11) is 0. The van der Waals surface area contributed by atoms with E-state index in [1.54, 1.807) is 0 Å². The average Bonchev–Trinajstić information content (AvgIpc) is 2.44. The second-order valence-corrected chi connectivity index (χ2v) is 6.44. The van der Waals surface area contributed by atoms with Crippen LogP contribution in [0.25, 0.3) is 0 Å². The summed E-state index contributed by atoms with van der Waals surface area (Å²) in [4.78, 5) is 10.9. The first kappa shape index (κ1) is 20.6. The maximum atomic E-state index is 10.9. The van der Waals surface area contributed by atoms with Gasteiger partial charge in [0.2, 0.25) is 0 Å². The average molecular weight is 304 g/mol. The van der Waals surface area contributed by atoms with Crippen LogP contribution in [0.15, 0.2) is 47.1 Å². The molecule has 0 aromatic heterocycles. The number of aliphatic hydroxyl groups excluding tert-OH is 1. The van der Waals surface area contributed by atoms with Crippen molar-refractivity contribution >= 4 is 6.29 Å². The minimum atomic E-state index is -0.395. The van der Waals surface area contributed by atoms with E-state index in [9.17, 15) is 9.90 Å². The Labute approximate surface area is 136 Å². The molecule has 0 aromatic carbocycles. The van der Waals surface area contributed by atoms with Crippen molar-refractivity contribution in [1.29, 1.82) is 0 Å². The summed E-state index contributed by atoms with van der Waals surface area (Å²) < 4.78 is 0. The van der Waals surface area contributed by atoms with Gasteiger partial charge in [0.15, 0.2) is 0 Å². The van der Waals surface area contributed by atoms with Gasteiger partial charge >= 0.3 is 0 Å². The van der Waals surface area contributed by atoms with Crippen LogP contribution in [0.2, 0.25) is 0 Å². The molecule has 1 atom stereocenters. The predicted molar refractivity (Wildman–Crippen MR) is 95.8 cm³/mol. The molecular formula is C20H32O2. The lowest BCUT2D eigenvalue weighted by Crippen LogP contribution is -2.06. The highest BCUT2D eigenvalue weighted by atomic mass is 16.3. The van der Waals surface area contributed by atoms with Gasteiger partial charge in [0.25, 0.3) is 0 Å². The zero-order valence-corrected chi connectivity index (χ0v) is 14.9. The maximum Gasteiger partial charge on any atom is 0.146 e. The molecule has 0 amide bonds. The minimum Gasteiger partial charge on any atom is -0.389 e. The zero-order valence-electron chi connectivity index (χ0n) is 14.9. The van der Waals surface area contributed by atoms with Crippen LogP contribution in [-0.2, 0) is 4.79 Å². The molecule has 0 aromatic rings. The lowest BCUT2D eigenvalue weighted by Gasteiger charge is -2.09. The number of rotatable bonds is 10. The number of hydrogen-bond acceptors (Lipinski definition) is 2. The molecule has 0 unspecified atom stereocenters. The smallest absolute Gasteiger partial charge is 0.146 e. The van der Waals surface area contributed by atoms with Crippen LogP contribution < -0.4 is 0 Å². The number of carbonyl (C=O) groups excluding carboxylic acids is 1. The van der Waals surface area contributed by atoms with Crippen molar-refractivity contribution in [2.75, 3.05) is 0 Å². The van der Waals surface area contributed by atoms with Crippen molar-refractivity contribution in [2.45, 2.75) is 66.4 Å². The molecule has 0 saturated heterocycles. The van der Waals surface area contributed by atoms with Gasteiger partial charge < -0.3 is 5.11 Å². The van der Waals surface area contributed by atoms with E-state index in [0.717, 1.165) is 43.1 Å². The second kappa shape index (κ2) is 11.2. The quantitative estimate of drug-likeness (QED) is 0.262. The van der Waals surface area contributed by atoms with Crippen LogP contribution in [-0.4, -0.2) is 17.5 Å². The molecule has 1 N–H and O–H groups in total. The van der Waals surface area contributed by atoms with Gasteiger partial charge in [-0.2, -0.15) is 0 Å². The second-order valence-electron chi connectivity index (χ2n) is 6.44. The van der Waals surface area contributed by atoms with Crippen molar-refractivity contribution in [3.05, 3.63) is 47.1 Å². The highest BCUT2D eigenvalue weighted by molar-refractivity contribution is 5.74. The van der Waals surface area contributed by atoms with Crippen LogP contribution >= 0.6 is 0 Å². The summed E-state index contributed by atoms with van der Waals surface area (Å²) in [5, 5.41) is 9.71. The number of aliphatic hydroxyl groups is 1. The van der Waals surface area contributed by atoms with Gasteiger partial charge in [-0.3, -0.25) is 4.79 Å². The van der Waals surface area contributed by atoms with E-state index in [0.29, 0.717) is 0 Å². The molecule has 0 aliphatic carbocycles. The predicted octanol–water partition coefficient (Wildman–Crippen LogP) is 5.16. The normalized spacial score (nSPS) is 15.1. The first-order valence-corrected chi connectivity index (χ1v) is 8.09. The highest BCUT2D eigenvalue weighted by Crippen LogP contribution is 2.14. The van der Waals surface area contributed by atoms with Gasteiger partial charge in [0.05, 0.1) is 6.10 Å². The lowest BCUT2D eigenvalue weighted by atomic mass is 10.0. The molecule has 0 bridgehead atoms. The van der Waals surface area contributed by atoms with E-state index in [2.05, 4.69) is 26.5 Å². The van der Waals surface area contributed by atoms with Gasteiger partial charge in [-0.1, -0.05) is 55.4 Å². The van der Waals surface area contributed by atoms with E-state index in [4.69, 9.17) is 0 Å². The molecule has 124 valence electrons. The zero-order chi connectivity index (χ0) is 17.1. The van der Waals surface area contributed by atoms with Crippen molar-refractivity contribution < 1.29 is 9.90 Å². The lowest BCUT2D eigenvalue weighted by molar-refractivity contribution is -0.105. The Balaban J connectivity index is 4.29. The fraction of sp³-hybridized carbons (Fsp3) is 0.550. The van der Waals surface area contributed by atoms with Crippen LogP contribution in [0.5, 0.6) is 0 Å². The SMILES string of the molecule is C=C(C)[C@H](O)CC/C(C)=C/CC/C(C)=C/C=C(\C=O)C(C)C. The van der Waals surface area contributed by atoms with Crippen molar-refractivity contribution in [2.24, 2.45) is 5.92 Å². The summed E-state index contributed by atoms with van der Waals surface area (Å²) in [6, 6.07) is 0. The number of carbonyl (C=O) groups is 1. The minimum absolute atomic E-state index is 0.267. The third-order valence-electron chi connectivity index (χ3n) is 3.78. The molecule has 2 heteroatoms. The van der Waals surface area contributed by atoms with Crippen LogP contribution in [0.3, 0.4) is 0 Å². The molecule has 0 aliphatic rings. The fourth-order valence-electron chi connectivity index (χ4n) is 1.95. The Morgan fingerprint density at radius 1 is 1.09 bits per heavy atom. The Kier molecular flexibility index (Phi) is 10.5. The van der Waals surface area contributed by atoms with Crippen LogP contribution in [0.4, 0.5) is 0 Å². The largest absolute Gasteiger partial charge is 0.389 e. The van der Waals surface area contributed by atoms with Crippen molar-refractivity contribution in [3.8, 4) is 0 Å². The summed E-state index contributed by atoms with van der Waals surface area (Å²) >= 11 is 0. The van der Waals surface area contributed by atoms with Gasteiger partial charge in [0, 0.05) is 0 Å². The van der Waals surface area contributed by atoms with Gasteiger partial charge in [0.1, 0.15) is 6.29 Å². The molecule has 0 aliphatic heterocycles. The third-order valence-corrected chi connectivity index (χ3v) is 3.78.